The van der Waals surface area contributed by atoms with Gasteiger partial charge in [0, 0.05) is 29.1 Å². The van der Waals surface area contributed by atoms with Crippen LogP contribution in [-0.4, -0.2) is 15.0 Å². The van der Waals surface area contributed by atoms with Gasteiger partial charge in [0.25, 0.3) is 0 Å². The van der Waals surface area contributed by atoms with Crippen LogP contribution in [0.4, 0.5) is 5.82 Å². The minimum absolute atomic E-state index is 0.505. The van der Waals surface area contributed by atoms with Crippen LogP contribution in [0.5, 0.6) is 0 Å². The van der Waals surface area contributed by atoms with Gasteiger partial charge in [-0.3, -0.25) is 4.98 Å². The summed E-state index contributed by atoms with van der Waals surface area (Å²) in [5.74, 6) is 1.13. The summed E-state index contributed by atoms with van der Waals surface area (Å²) in [4.78, 5) is 13.0. The van der Waals surface area contributed by atoms with Crippen LogP contribution in [0.3, 0.4) is 0 Å². The van der Waals surface area contributed by atoms with E-state index in [0.29, 0.717) is 11.6 Å². The molecule has 3 aromatic rings. The maximum absolute atomic E-state index is 6.03. The monoisotopic (exact) mass is 262 g/mol. The first-order valence-corrected chi connectivity index (χ1v) is 6.35. The molecule has 0 aliphatic rings. The molecule has 4 nitrogen and oxygen atoms in total. The Balaban J connectivity index is 2.19. The van der Waals surface area contributed by atoms with Gasteiger partial charge in [0.15, 0.2) is 5.82 Å². The molecule has 3 rings (SSSR count). The van der Waals surface area contributed by atoms with E-state index in [2.05, 4.69) is 15.0 Å². The number of benzene rings is 1. The molecule has 20 heavy (non-hydrogen) atoms. The maximum atomic E-state index is 6.03. The van der Waals surface area contributed by atoms with E-state index in [-0.39, 0.29) is 0 Å². The summed E-state index contributed by atoms with van der Waals surface area (Å²) in [5, 5.41) is 0. The van der Waals surface area contributed by atoms with E-state index in [0.717, 1.165) is 22.4 Å². The first-order chi connectivity index (χ1) is 9.75. The average Bonchev–Trinajstić information content (AvgIpc) is 2.51. The van der Waals surface area contributed by atoms with Crippen molar-refractivity contribution in [3.05, 3.63) is 60.4 Å². The van der Waals surface area contributed by atoms with Crippen LogP contribution < -0.4 is 5.73 Å². The molecule has 0 aliphatic heterocycles. The standard InChI is InChI=1S/C16H14N4/c1-11-14(12-5-3-2-4-6-12)19-16(20-15(11)17)13-7-9-18-10-8-13/h2-10H,1H3,(H2,17,19,20). The highest BCUT2D eigenvalue weighted by Crippen LogP contribution is 2.27. The molecule has 0 spiro atoms. The molecule has 98 valence electrons. The summed E-state index contributed by atoms with van der Waals surface area (Å²) in [6, 6.07) is 13.7. The maximum Gasteiger partial charge on any atom is 0.162 e. The van der Waals surface area contributed by atoms with Gasteiger partial charge < -0.3 is 5.73 Å². The number of nitrogens with two attached hydrogens (primary N) is 1. The molecular weight excluding hydrogens is 248 g/mol. The van der Waals surface area contributed by atoms with Crippen molar-refractivity contribution in [1.82, 2.24) is 15.0 Å². The van der Waals surface area contributed by atoms with Crippen molar-refractivity contribution >= 4 is 5.82 Å². The lowest BCUT2D eigenvalue weighted by Gasteiger charge is -2.10. The van der Waals surface area contributed by atoms with Gasteiger partial charge in [-0.15, -0.1) is 0 Å². The number of rotatable bonds is 2. The van der Waals surface area contributed by atoms with Crippen LogP contribution in [-0.2, 0) is 0 Å². The molecule has 0 unspecified atom stereocenters. The molecule has 0 bridgehead atoms. The van der Waals surface area contributed by atoms with Gasteiger partial charge in [-0.2, -0.15) is 0 Å². The van der Waals surface area contributed by atoms with Gasteiger partial charge >= 0.3 is 0 Å². The number of nitrogens with zero attached hydrogens (tertiary/aromatic N) is 3. The highest BCUT2D eigenvalue weighted by atomic mass is 15.0. The minimum atomic E-state index is 0.505. The summed E-state index contributed by atoms with van der Waals surface area (Å²) in [5.41, 5.74) is 9.74. The molecule has 0 atom stereocenters. The Bertz CT molecular complexity index is 724. The molecule has 0 saturated carbocycles. The lowest BCUT2D eigenvalue weighted by molar-refractivity contribution is 1.15. The molecule has 2 heterocycles. The lowest BCUT2D eigenvalue weighted by Crippen LogP contribution is -2.02. The van der Waals surface area contributed by atoms with Crippen LogP contribution in [0, 0.1) is 6.92 Å². The normalized spacial score (nSPS) is 10.4. The minimum Gasteiger partial charge on any atom is -0.383 e. The van der Waals surface area contributed by atoms with E-state index in [1.54, 1.807) is 12.4 Å². The first kappa shape index (κ1) is 12.3. The predicted molar refractivity (Wildman–Crippen MR) is 79.8 cm³/mol. The third kappa shape index (κ3) is 2.23. The van der Waals surface area contributed by atoms with Gasteiger partial charge in [-0.25, -0.2) is 9.97 Å². The fourth-order valence-corrected chi connectivity index (χ4v) is 2.04. The Kier molecular flexibility index (Phi) is 3.13. The third-order valence-corrected chi connectivity index (χ3v) is 3.17. The van der Waals surface area contributed by atoms with Crippen LogP contribution in [0.15, 0.2) is 54.9 Å². The summed E-state index contributed by atoms with van der Waals surface area (Å²) in [6.45, 7) is 1.94. The molecule has 0 radical (unpaired) electrons. The lowest BCUT2D eigenvalue weighted by atomic mass is 10.1. The van der Waals surface area contributed by atoms with Crippen molar-refractivity contribution in [2.24, 2.45) is 0 Å². The second-order valence-corrected chi connectivity index (χ2v) is 4.51. The fraction of sp³-hybridized carbons (Fsp3) is 0.0625. The zero-order chi connectivity index (χ0) is 13.9. The molecular formula is C16H14N4. The second kappa shape index (κ2) is 5.09. The van der Waals surface area contributed by atoms with E-state index < -0.39 is 0 Å². The van der Waals surface area contributed by atoms with Gasteiger partial charge in [0.1, 0.15) is 5.82 Å². The Labute approximate surface area is 117 Å². The number of anilines is 1. The Morgan fingerprint density at radius 2 is 1.55 bits per heavy atom. The molecule has 0 fully saturated rings. The summed E-state index contributed by atoms with van der Waals surface area (Å²) < 4.78 is 0. The van der Waals surface area contributed by atoms with Crippen molar-refractivity contribution in [3.63, 3.8) is 0 Å². The predicted octanol–water partition coefficient (Wildman–Crippen LogP) is 3.10. The van der Waals surface area contributed by atoms with Crippen LogP contribution in [0.1, 0.15) is 5.56 Å². The van der Waals surface area contributed by atoms with Gasteiger partial charge in [-0.05, 0) is 19.1 Å². The number of hydrogen-bond donors (Lipinski definition) is 1. The number of hydrogen-bond acceptors (Lipinski definition) is 4. The number of nitrogen functional groups attached to an aromatic ring is 1. The molecule has 2 aromatic heterocycles. The van der Waals surface area contributed by atoms with Crippen molar-refractivity contribution in [2.75, 3.05) is 5.73 Å². The molecule has 2 N–H and O–H groups in total. The van der Waals surface area contributed by atoms with Crippen molar-refractivity contribution in [2.45, 2.75) is 6.92 Å². The van der Waals surface area contributed by atoms with E-state index in [9.17, 15) is 0 Å². The van der Waals surface area contributed by atoms with Gasteiger partial charge in [0.2, 0.25) is 0 Å². The number of pyridine rings is 1. The Morgan fingerprint density at radius 3 is 2.25 bits per heavy atom. The van der Waals surface area contributed by atoms with E-state index in [4.69, 9.17) is 5.73 Å². The molecule has 0 aliphatic carbocycles. The van der Waals surface area contributed by atoms with Gasteiger partial charge in [0.05, 0.1) is 5.69 Å². The summed E-state index contributed by atoms with van der Waals surface area (Å²) >= 11 is 0. The zero-order valence-electron chi connectivity index (χ0n) is 11.1. The molecule has 0 amide bonds. The van der Waals surface area contributed by atoms with Crippen LogP contribution in [0.2, 0.25) is 0 Å². The second-order valence-electron chi connectivity index (χ2n) is 4.51. The summed E-state index contributed by atoms with van der Waals surface area (Å²) in [6.07, 6.45) is 3.44. The average molecular weight is 262 g/mol. The van der Waals surface area contributed by atoms with E-state index in [1.807, 2.05) is 49.4 Å². The highest BCUT2D eigenvalue weighted by molar-refractivity contribution is 5.70. The molecule has 4 heteroatoms. The van der Waals surface area contributed by atoms with E-state index in [1.165, 1.54) is 0 Å². The number of aromatic nitrogens is 3. The Hall–Kier alpha value is -2.75. The van der Waals surface area contributed by atoms with Gasteiger partial charge in [-0.1, -0.05) is 30.3 Å². The van der Waals surface area contributed by atoms with Crippen LogP contribution >= 0.6 is 0 Å². The van der Waals surface area contributed by atoms with Crippen molar-refractivity contribution in [1.29, 1.82) is 0 Å². The highest BCUT2D eigenvalue weighted by Gasteiger charge is 2.11. The largest absolute Gasteiger partial charge is 0.383 e. The quantitative estimate of drug-likeness (QED) is 0.770. The fourth-order valence-electron chi connectivity index (χ4n) is 2.04. The molecule has 0 saturated heterocycles. The van der Waals surface area contributed by atoms with Crippen LogP contribution in [0.25, 0.3) is 22.6 Å². The molecule has 1 aromatic carbocycles. The first-order valence-electron chi connectivity index (χ1n) is 6.35. The zero-order valence-corrected chi connectivity index (χ0v) is 11.1. The SMILES string of the molecule is Cc1c(N)nc(-c2ccncc2)nc1-c1ccccc1. The van der Waals surface area contributed by atoms with E-state index >= 15 is 0 Å². The topological polar surface area (TPSA) is 64.7 Å². The van der Waals surface area contributed by atoms with Crippen molar-refractivity contribution in [3.8, 4) is 22.6 Å². The van der Waals surface area contributed by atoms with Crippen molar-refractivity contribution < 1.29 is 0 Å². The summed E-state index contributed by atoms with van der Waals surface area (Å²) in [7, 11) is 0. The smallest absolute Gasteiger partial charge is 0.162 e. The third-order valence-electron chi connectivity index (χ3n) is 3.17. The Morgan fingerprint density at radius 1 is 0.850 bits per heavy atom.